The minimum Gasteiger partial charge on any atom is -0.389 e. The Balaban J connectivity index is 2.30. The molecule has 98 valence electrons. The van der Waals surface area contributed by atoms with Crippen LogP contribution >= 0.6 is 12.2 Å². The molecule has 19 heavy (non-hydrogen) atoms. The van der Waals surface area contributed by atoms with E-state index in [0.717, 1.165) is 30.0 Å². The normalized spacial score (nSPS) is 10.2. The minimum atomic E-state index is 0.426. The Morgan fingerprint density at radius 1 is 1.21 bits per heavy atom. The van der Waals surface area contributed by atoms with Crippen LogP contribution < -0.4 is 10.6 Å². The molecule has 0 aliphatic carbocycles. The third kappa shape index (κ3) is 3.29. The molecule has 1 aromatic heterocycles. The third-order valence-electron chi connectivity index (χ3n) is 2.97. The lowest BCUT2D eigenvalue weighted by atomic mass is 10.1. The van der Waals surface area contributed by atoms with Crippen LogP contribution in [0.3, 0.4) is 0 Å². The topological polar surface area (TPSA) is 42.2 Å². The molecular weight excluding hydrogens is 254 g/mol. The van der Waals surface area contributed by atoms with Crippen LogP contribution in [0, 0.1) is 0 Å². The van der Waals surface area contributed by atoms with Crippen LogP contribution in [0.5, 0.6) is 0 Å². The summed E-state index contributed by atoms with van der Waals surface area (Å²) in [4.78, 5) is 7.01. The Labute approximate surface area is 119 Å². The van der Waals surface area contributed by atoms with Gasteiger partial charge in [-0.25, -0.2) is 0 Å². The highest BCUT2D eigenvalue weighted by Gasteiger charge is 2.11. The van der Waals surface area contributed by atoms with Gasteiger partial charge in [-0.1, -0.05) is 30.4 Å². The SMILES string of the molecule is CCN(Cc1ccccn1)c1ccccc1C(N)=S. The van der Waals surface area contributed by atoms with E-state index < -0.39 is 0 Å². The van der Waals surface area contributed by atoms with Gasteiger partial charge in [-0.15, -0.1) is 0 Å². The van der Waals surface area contributed by atoms with Crippen molar-refractivity contribution in [1.82, 2.24) is 4.98 Å². The zero-order valence-electron chi connectivity index (χ0n) is 10.9. The van der Waals surface area contributed by atoms with Crippen LogP contribution in [0.2, 0.25) is 0 Å². The molecule has 0 unspecified atom stereocenters. The first-order valence-corrected chi connectivity index (χ1v) is 6.67. The van der Waals surface area contributed by atoms with E-state index in [2.05, 4.69) is 16.8 Å². The molecule has 0 amide bonds. The number of hydrogen-bond acceptors (Lipinski definition) is 3. The monoisotopic (exact) mass is 271 g/mol. The van der Waals surface area contributed by atoms with Crippen LogP contribution in [-0.4, -0.2) is 16.5 Å². The van der Waals surface area contributed by atoms with Crippen molar-refractivity contribution in [2.75, 3.05) is 11.4 Å². The summed E-state index contributed by atoms with van der Waals surface area (Å²) >= 11 is 5.12. The highest BCUT2D eigenvalue weighted by atomic mass is 32.1. The Hall–Kier alpha value is -1.94. The van der Waals surface area contributed by atoms with E-state index in [-0.39, 0.29) is 0 Å². The fourth-order valence-corrected chi connectivity index (χ4v) is 2.18. The zero-order valence-corrected chi connectivity index (χ0v) is 11.7. The van der Waals surface area contributed by atoms with Gasteiger partial charge in [-0.2, -0.15) is 0 Å². The molecule has 0 bridgehead atoms. The van der Waals surface area contributed by atoms with E-state index >= 15 is 0 Å². The van der Waals surface area contributed by atoms with Gasteiger partial charge >= 0.3 is 0 Å². The molecule has 2 N–H and O–H groups in total. The number of nitrogens with two attached hydrogens (primary N) is 1. The van der Waals surface area contributed by atoms with E-state index in [4.69, 9.17) is 18.0 Å². The molecule has 3 nitrogen and oxygen atoms in total. The van der Waals surface area contributed by atoms with Gasteiger partial charge in [-0.3, -0.25) is 4.98 Å². The Morgan fingerprint density at radius 2 is 1.95 bits per heavy atom. The average Bonchev–Trinajstić information content (AvgIpc) is 2.46. The van der Waals surface area contributed by atoms with Gasteiger partial charge in [0.2, 0.25) is 0 Å². The van der Waals surface area contributed by atoms with Gasteiger partial charge in [0.25, 0.3) is 0 Å². The molecule has 0 aliphatic rings. The van der Waals surface area contributed by atoms with Crippen molar-refractivity contribution < 1.29 is 0 Å². The molecule has 2 rings (SSSR count). The van der Waals surface area contributed by atoms with E-state index in [9.17, 15) is 0 Å². The van der Waals surface area contributed by atoms with E-state index in [1.54, 1.807) is 0 Å². The predicted octanol–water partition coefficient (Wildman–Crippen LogP) is 2.74. The van der Waals surface area contributed by atoms with Crippen molar-refractivity contribution in [3.05, 3.63) is 59.9 Å². The van der Waals surface area contributed by atoms with Crippen molar-refractivity contribution in [1.29, 1.82) is 0 Å². The molecule has 1 heterocycles. The molecule has 2 aromatic rings. The summed E-state index contributed by atoms with van der Waals surface area (Å²) in [6.45, 7) is 3.73. The number of rotatable bonds is 5. The predicted molar refractivity (Wildman–Crippen MR) is 83.3 cm³/mol. The summed E-state index contributed by atoms with van der Waals surface area (Å²) in [6.07, 6.45) is 1.81. The molecule has 0 atom stereocenters. The summed E-state index contributed by atoms with van der Waals surface area (Å²) < 4.78 is 0. The quantitative estimate of drug-likeness (QED) is 0.849. The highest BCUT2D eigenvalue weighted by molar-refractivity contribution is 7.80. The summed E-state index contributed by atoms with van der Waals surface area (Å²) in [5.74, 6) is 0. The largest absolute Gasteiger partial charge is 0.389 e. The fraction of sp³-hybridized carbons (Fsp3) is 0.200. The third-order valence-corrected chi connectivity index (χ3v) is 3.19. The molecule has 4 heteroatoms. The van der Waals surface area contributed by atoms with Crippen molar-refractivity contribution in [3.8, 4) is 0 Å². The Morgan fingerprint density at radius 3 is 2.58 bits per heavy atom. The molecular formula is C15H17N3S. The molecule has 0 saturated heterocycles. The van der Waals surface area contributed by atoms with Gasteiger partial charge < -0.3 is 10.6 Å². The van der Waals surface area contributed by atoms with E-state index in [0.29, 0.717) is 4.99 Å². The summed E-state index contributed by atoms with van der Waals surface area (Å²) in [5.41, 5.74) is 8.79. The number of aromatic nitrogens is 1. The molecule has 0 spiro atoms. The molecule has 0 fully saturated rings. The molecule has 0 saturated carbocycles. The Kier molecular flexibility index (Phi) is 4.47. The van der Waals surface area contributed by atoms with Crippen LogP contribution in [0.15, 0.2) is 48.7 Å². The van der Waals surface area contributed by atoms with Gasteiger partial charge in [0.05, 0.1) is 12.2 Å². The maximum Gasteiger partial charge on any atom is 0.106 e. The number of thiocarbonyl (C=S) groups is 1. The van der Waals surface area contributed by atoms with Crippen LogP contribution in [0.1, 0.15) is 18.2 Å². The number of hydrogen-bond donors (Lipinski definition) is 1. The summed E-state index contributed by atoms with van der Waals surface area (Å²) in [5, 5.41) is 0. The Bertz CT molecular complexity index is 554. The fourth-order valence-electron chi connectivity index (χ4n) is 2.01. The number of anilines is 1. The summed E-state index contributed by atoms with van der Waals surface area (Å²) in [7, 11) is 0. The van der Waals surface area contributed by atoms with E-state index in [1.165, 1.54) is 0 Å². The lowest BCUT2D eigenvalue weighted by molar-refractivity contribution is 0.809. The second kappa shape index (κ2) is 6.29. The summed E-state index contributed by atoms with van der Waals surface area (Å²) in [6, 6.07) is 13.9. The molecule has 1 aromatic carbocycles. The smallest absolute Gasteiger partial charge is 0.106 e. The zero-order chi connectivity index (χ0) is 13.7. The first kappa shape index (κ1) is 13.5. The average molecular weight is 271 g/mol. The maximum absolute atomic E-state index is 5.79. The van der Waals surface area contributed by atoms with Gasteiger partial charge in [0, 0.05) is 24.0 Å². The van der Waals surface area contributed by atoms with Crippen molar-refractivity contribution >= 4 is 22.9 Å². The van der Waals surface area contributed by atoms with Crippen LogP contribution in [-0.2, 0) is 6.54 Å². The second-order valence-electron chi connectivity index (χ2n) is 4.22. The minimum absolute atomic E-state index is 0.426. The van der Waals surface area contributed by atoms with Gasteiger partial charge in [0.15, 0.2) is 0 Å². The highest BCUT2D eigenvalue weighted by Crippen LogP contribution is 2.21. The van der Waals surface area contributed by atoms with Gasteiger partial charge in [-0.05, 0) is 31.2 Å². The lowest BCUT2D eigenvalue weighted by Crippen LogP contribution is -2.25. The van der Waals surface area contributed by atoms with Crippen LogP contribution in [0.25, 0.3) is 0 Å². The lowest BCUT2D eigenvalue weighted by Gasteiger charge is -2.25. The standard InChI is InChI=1S/C15H17N3S/c1-2-18(11-12-7-5-6-10-17-12)14-9-4-3-8-13(14)15(16)19/h3-10H,2,11H2,1H3,(H2,16,19). The molecule has 0 radical (unpaired) electrons. The number of pyridine rings is 1. The van der Waals surface area contributed by atoms with Crippen LogP contribution in [0.4, 0.5) is 5.69 Å². The number of para-hydroxylation sites is 1. The number of nitrogens with zero attached hydrogens (tertiary/aromatic N) is 2. The van der Waals surface area contributed by atoms with Crippen molar-refractivity contribution in [3.63, 3.8) is 0 Å². The van der Waals surface area contributed by atoms with E-state index in [1.807, 2.05) is 48.7 Å². The first-order valence-electron chi connectivity index (χ1n) is 6.26. The second-order valence-corrected chi connectivity index (χ2v) is 4.66. The number of benzene rings is 1. The first-order chi connectivity index (χ1) is 9.22. The van der Waals surface area contributed by atoms with Gasteiger partial charge in [0.1, 0.15) is 4.99 Å². The maximum atomic E-state index is 5.79. The van der Waals surface area contributed by atoms with Crippen molar-refractivity contribution in [2.45, 2.75) is 13.5 Å². The van der Waals surface area contributed by atoms with Crippen molar-refractivity contribution in [2.24, 2.45) is 5.73 Å². The molecule has 0 aliphatic heterocycles.